The summed E-state index contributed by atoms with van der Waals surface area (Å²) >= 11 is 0. The van der Waals surface area contributed by atoms with Crippen LogP contribution in [0.1, 0.15) is 41.6 Å². The van der Waals surface area contributed by atoms with Crippen molar-refractivity contribution in [2.75, 3.05) is 52.5 Å². The number of nitrogens with one attached hydrogen (secondary N) is 2. The van der Waals surface area contributed by atoms with Crippen molar-refractivity contribution in [3.05, 3.63) is 83.9 Å². The third-order valence-corrected chi connectivity index (χ3v) is 8.33. The largest absolute Gasteiger partial charge is 0.379 e. The first-order chi connectivity index (χ1) is 20.5. The quantitative estimate of drug-likeness (QED) is 0.344. The molecule has 0 bridgehead atoms. The van der Waals surface area contributed by atoms with Gasteiger partial charge >= 0.3 is 0 Å². The normalized spacial score (nSPS) is 17.1. The Bertz CT molecular complexity index is 1330. The fourth-order valence-corrected chi connectivity index (χ4v) is 5.89. The van der Waals surface area contributed by atoms with Crippen LogP contribution in [0.25, 0.3) is 10.8 Å². The summed E-state index contributed by atoms with van der Waals surface area (Å²) < 4.78 is 5.40. The topological polar surface area (TPSA) is 91.0 Å². The zero-order chi connectivity index (χ0) is 29.1. The van der Waals surface area contributed by atoms with E-state index in [0.717, 1.165) is 55.6 Å². The summed E-state index contributed by atoms with van der Waals surface area (Å²) in [5, 5.41) is 8.37. The first kappa shape index (κ1) is 29.7. The maximum absolute atomic E-state index is 13.3. The van der Waals surface area contributed by atoms with Crippen molar-refractivity contribution < 1.29 is 19.1 Å². The number of amides is 3. The Morgan fingerprint density at radius 3 is 2.33 bits per heavy atom. The van der Waals surface area contributed by atoms with Gasteiger partial charge < -0.3 is 20.3 Å². The summed E-state index contributed by atoms with van der Waals surface area (Å²) in [6, 6.07) is 23.5. The van der Waals surface area contributed by atoms with Gasteiger partial charge in [-0.25, -0.2) is 0 Å². The maximum Gasteiger partial charge on any atom is 0.253 e. The highest BCUT2D eigenvalue weighted by Gasteiger charge is 2.29. The molecule has 2 heterocycles. The third kappa shape index (κ3) is 8.39. The molecule has 3 aromatic rings. The van der Waals surface area contributed by atoms with Crippen molar-refractivity contribution in [2.24, 2.45) is 5.92 Å². The Labute approximate surface area is 248 Å². The number of benzene rings is 3. The molecule has 0 aliphatic carbocycles. The third-order valence-electron chi connectivity index (χ3n) is 8.33. The summed E-state index contributed by atoms with van der Waals surface area (Å²) in [6.45, 7) is 6.06. The van der Waals surface area contributed by atoms with Crippen LogP contribution in [0.15, 0.2) is 72.8 Å². The Morgan fingerprint density at radius 2 is 1.57 bits per heavy atom. The number of hydrogen-bond acceptors (Lipinski definition) is 5. The molecule has 0 radical (unpaired) electrons. The molecule has 5 rings (SSSR count). The number of morpholine rings is 1. The van der Waals surface area contributed by atoms with Gasteiger partial charge in [0, 0.05) is 56.7 Å². The highest BCUT2D eigenvalue weighted by molar-refractivity contribution is 5.98. The monoisotopic (exact) mass is 570 g/mol. The van der Waals surface area contributed by atoms with E-state index in [9.17, 15) is 14.4 Å². The SMILES string of the molecule is O=C(CC(Cc1ccccc1)NC(=O)C1CCN(C(=O)c2ccc3ccccc3c2)CC1)NCCCN1CCOCC1. The van der Waals surface area contributed by atoms with E-state index in [2.05, 4.69) is 15.5 Å². The molecule has 3 amide bonds. The average molecular weight is 571 g/mol. The number of carbonyl (C=O) groups excluding carboxylic acids is 3. The minimum absolute atomic E-state index is 0.00635. The summed E-state index contributed by atoms with van der Waals surface area (Å²) in [6.07, 6.45) is 2.93. The van der Waals surface area contributed by atoms with Crippen LogP contribution in [-0.4, -0.2) is 86.0 Å². The van der Waals surface area contributed by atoms with E-state index >= 15 is 0 Å². The molecule has 42 heavy (non-hydrogen) atoms. The van der Waals surface area contributed by atoms with Crippen LogP contribution in [0.3, 0.4) is 0 Å². The van der Waals surface area contributed by atoms with Gasteiger partial charge in [-0.3, -0.25) is 19.3 Å². The molecular formula is C34H42N4O4. The number of carbonyl (C=O) groups is 3. The molecule has 8 nitrogen and oxygen atoms in total. The minimum atomic E-state index is -0.295. The molecule has 0 spiro atoms. The summed E-state index contributed by atoms with van der Waals surface area (Å²) in [7, 11) is 0. The van der Waals surface area contributed by atoms with Crippen LogP contribution in [0.2, 0.25) is 0 Å². The lowest BCUT2D eigenvalue weighted by Crippen LogP contribution is -2.47. The summed E-state index contributed by atoms with van der Waals surface area (Å²) in [5.41, 5.74) is 1.76. The van der Waals surface area contributed by atoms with Gasteiger partial charge in [-0.15, -0.1) is 0 Å². The second-order valence-electron chi connectivity index (χ2n) is 11.4. The van der Waals surface area contributed by atoms with Crippen LogP contribution < -0.4 is 10.6 Å². The minimum Gasteiger partial charge on any atom is -0.379 e. The lowest BCUT2D eigenvalue weighted by molar-refractivity contribution is -0.127. The number of fused-ring (bicyclic) bond motifs is 1. The van der Waals surface area contributed by atoms with Crippen LogP contribution in [0.4, 0.5) is 0 Å². The number of likely N-dealkylation sites (tertiary alicyclic amines) is 1. The predicted molar refractivity (Wildman–Crippen MR) is 164 cm³/mol. The van der Waals surface area contributed by atoms with E-state index < -0.39 is 0 Å². The van der Waals surface area contributed by atoms with Crippen molar-refractivity contribution in [3.8, 4) is 0 Å². The lowest BCUT2D eigenvalue weighted by atomic mass is 9.94. The summed E-state index contributed by atoms with van der Waals surface area (Å²) in [4.78, 5) is 43.6. The van der Waals surface area contributed by atoms with Crippen molar-refractivity contribution in [3.63, 3.8) is 0 Å². The number of rotatable bonds is 11. The Hall–Kier alpha value is -3.75. The van der Waals surface area contributed by atoms with Gasteiger partial charge in [-0.1, -0.05) is 60.7 Å². The molecule has 2 N–H and O–H groups in total. The average Bonchev–Trinajstić information content (AvgIpc) is 3.03. The number of piperidine rings is 1. The fraction of sp³-hybridized carbons (Fsp3) is 0.441. The standard InChI is InChI=1S/C34H42N4O4/c39-32(35-15-6-16-37-19-21-42-22-20-37)25-31(23-26-7-2-1-3-8-26)36-33(40)28-13-17-38(18-14-28)34(41)30-12-11-27-9-4-5-10-29(27)24-30/h1-5,7-12,24,28,31H,6,13-23,25H2,(H,35,39)(H,36,40). The predicted octanol–water partition coefficient (Wildman–Crippen LogP) is 3.65. The van der Waals surface area contributed by atoms with E-state index in [0.29, 0.717) is 44.5 Å². The second-order valence-corrected chi connectivity index (χ2v) is 11.4. The number of hydrogen-bond donors (Lipinski definition) is 2. The summed E-state index contributed by atoms with van der Waals surface area (Å²) in [5.74, 6) is -0.254. The van der Waals surface area contributed by atoms with Gasteiger partial charge in [-0.05, 0) is 60.7 Å². The van der Waals surface area contributed by atoms with E-state index in [1.807, 2.05) is 77.7 Å². The Morgan fingerprint density at radius 1 is 0.857 bits per heavy atom. The molecule has 222 valence electrons. The van der Waals surface area contributed by atoms with Crippen LogP contribution >= 0.6 is 0 Å². The highest BCUT2D eigenvalue weighted by Crippen LogP contribution is 2.22. The first-order valence-corrected chi connectivity index (χ1v) is 15.2. The van der Waals surface area contributed by atoms with E-state index in [1.54, 1.807) is 0 Å². The van der Waals surface area contributed by atoms with Crippen molar-refractivity contribution >= 4 is 28.5 Å². The second kappa shape index (κ2) is 14.9. The molecule has 1 atom stereocenters. The Balaban J connectivity index is 1.11. The maximum atomic E-state index is 13.3. The molecule has 0 aromatic heterocycles. The van der Waals surface area contributed by atoms with E-state index in [4.69, 9.17) is 4.74 Å². The van der Waals surface area contributed by atoms with Crippen molar-refractivity contribution in [1.82, 2.24) is 20.4 Å². The van der Waals surface area contributed by atoms with Gasteiger partial charge in [-0.2, -0.15) is 0 Å². The molecule has 8 heteroatoms. The van der Waals surface area contributed by atoms with Gasteiger partial charge in [0.15, 0.2) is 0 Å². The Kier molecular flexibility index (Phi) is 10.6. The molecular weight excluding hydrogens is 528 g/mol. The number of ether oxygens (including phenoxy) is 1. The van der Waals surface area contributed by atoms with Crippen LogP contribution in [0.5, 0.6) is 0 Å². The first-order valence-electron chi connectivity index (χ1n) is 15.2. The van der Waals surface area contributed by atoms with Crippen LogP contribution in [-0.2, 0) is 20.7 Å². The van der Waals surface area contributed by atoms with Crippen molar-refractivity contribution in [1.29, 1.82) is 0 Å². The zero-order valence-corrected chi connectivity index (χ0v) is 24.3. The molecule has 1 unspecified atom stereocenters. The molecule has 2 aliphatic heterocycles. The molecule has 2 fully saturated rings. The lowest BCUT2D eigenvalue weighted by Gasteiger charge is -2.32. The van der Waals surface area contributed by atoms with Crippen molar-refractivity contribution in [2.45, 2.75) is 38.1 Å². The molecule has 0 saturated carbocycles. The van der Waals surface area contributed by atoms with E-state index in [1.165, 1.54) is 0 Å². The van der Waals surface area contributed by atoms with Gasteiger partial charge in [0.2, 0.25) is 11.8 Å². The van der Waals surface area contributed by atoms with Gasteiger partial charge in [0.05, 0.1) is 13.2 Å². The molecule has 2 aliphatic rings. The molecule has 2 saturated heterocycles. The van der Waals surface area contributed by atoms with E-state index in [-0.39, 0.29) is 36.1 Å². The highest BCUT2D eigenvalue weighted by atomic mass is 16.5. The van der Waals surface area contributed by atoms with Gasteiger partial charge in [0.1, 0.15) is 0 Å². The zero-order valence-electron chi connectivity index (χ0n) is 24.3. The molecule has 3 aromatic carbocycles. The fourth-order valence-electron chi connectivity index (χ4n) is 5.89. The van der Waals surface area contributed by atoms with Gasteiger partial charge in [0.25, 0.3) is 5.91 Å². The smallest absolute Gasteiger partial charge is 0.253 e. The van der Waals surface area contributed by atoms with Crippen LogP contribution in [0, 0.1) is 5.92 Å². The number of nitrogens with zero attached hydrogens (tertiary/aromatic N) is 2.